The van der Waals surface area contributed by atoms with Crippen LogP contribution in [0.3, 0.4) is 0 Å². The van der Waals surface area contributed by atoms with Gasteiger partial charge in [0.25, 0.3) is 20.2 Å². The van der Waals surface area contributed by atoms with Crippen molar-refractivity contribution in [1.82, 2.24) is 29.9 Å². The van der Waals surface area contributed by atoms with Crippen LogP contribution < -0.4 is 30.7 Å². The van der Waals surface area contributed by atoms with E-state index in [9.17, 15) is 25.9 Å². The SMILES string of the molecule is CCOc1ccc(Nc2nc(Cl)nc(Nc3ccc(/C=C/c4ccc(Nc5nc(Cl)nc(Nc6ccc(OCC)cc6)n5)cc4S(=O)(=O)O)c(S(=O)(=O)O)c3)n2)cc1. The summed E-state index contributed by atoms with van der Waals surface area (Å²) in [5, 5.41) is 11.3. The average molecular weight is 868 g/mol. The second-order valence-corrected chi connectivity index (χ2v) is 15.2. The minimum Gasteiger partial charge on any atom is -0.494 e. The van der Waals surface area contributed by atoms with Crippen molar-refractivity contribution >= 4 is 102 Å². The van der Waals surface area contributed by atoms with Crippen LogP contribution in [0.1, 0.15) is 25.0 Å². The quantitative estimate of drug-likeness (QED) is 0.0401. The van der Waals surface area contributed by atoms with Crippen LogP contribution in [0.15, 0.2) is 94.7 Å². The second-order valence-electron chi connectivity index (χ2n) is 11.7. The van der Waals surface area contributed by atoms with Crippen molar-refractivity contribution in [2.75, 3.05) is 34.5 Å². The van der Waals surface area contributed by atoms with E-state index in [0.29, 0.717) is 36.1 Å². The number of ether oxygens (including phenoxy) is 2. The summed E-state index contributed by atoms with van der Waals surface area (Å²) >= 11 is 12.3. The summed E-state index contributed by atoms with van der Waals surface area (Å²) in [6, 6.07) is 21.8. The van der Waals surface area contributed by atoms with Gasteiger partial charge < -0.3 is 30.7 Å². The van der Waals surface area contributed by atoms with Gasteiger partial charge in [-0.25, -0.2) is 0 Å². The maximum atomic E-state index is 12.5. The van der Waals surface area contributed by atoms with Gasteiger partial charge in [0, 0.05) is 22.7 Å². The van der Waals surface area contributed by atoms with E-state index in [0.717, 1.165) is 12.1 Å². The molecule has 0 bridgehead atoms. The van der Waals surface area contributed by atoms with Crippen LogP contribution >= 0.6 is 23.2 Å². The molecule has 6 N–H and O–H groups in total. The smallest absolute Gasteiger partial charge is 0.295 e. The zero-order chi connectivity index (χ0) is 41.5. The zero-order valence-electron chi connectivity index (χ0n) is 30.3. The Labute approximate surface area is 342 Å². The highest BCUT2D eigenvalue weighted by Gasteiger charge is 2.19. The normalized spacial score (nSPS) is 11.6. The first-order chi connectivity index (χ1) is 27.6. The van der Waals surface area contributed by atoms with Gasteiger partial charge >= 0.3 is 0 Å². The van der Waals surface area contributed by atoms with Crippen molar-refractivity contribution in [3.8, 4) is 11.5 Å². The fourth-order valence-electron chi connectivity index (χ4n) is 5.17. The van der Waals surface area contributed by atoms with Crippen LogP contribution in [0.5, 0.6) is 11.5 Å². The van der Waals surface area contributed by atoms with E-state index in [1.165, 1.54) is 36.4 Å². The molecule has 18 nitrogen and oxygen atoms in total. The monoisotopic (exact) mass is 866 g/mol. The lowest BCUT2D eigenvalue weighted by Gasteiger charge is -2.12. The Morgan fingerprint density at radius 1 is 0.517 bits per heavy atom. The number of aromatic nitrogens is 6. The maximum absolute atomic E-state index is 12.5. The molecular weight excluding hydrogens is 835 g/mol. The van der Waals surface area contributed by atoms with Crippen molar-refractivity contribution in [1.29, 1.82) is 0 Å². The van der Waals surface area contributed by atoms with E-state index in [2.05, 4.69) is 51.2 Å². The molecule has 0 radical (unpaired) electrons. The molecule has 4 aromatic carbocycles. The molecule has 0 amide bonds. The van der Waals surface area contributed by atoms with Gasteiger partial charge in [0.15, 0.2) is 0 Å². The minimum absolute atomic E-state index is 0.0320. The first-order valence-electron chi connectivity index (χ1n) is 16.9. The van der Waals surface area contributed by atoms with Crippen molar-refractivity contribution in [3.05, 3.63) is 107 Å². The molecule has 6 rings (SSSR count). The molecule has 0 spiro atoms. The van der Waals surface area contributed by atoms with Crippen molar-refractivity contribution in [3.63, 3.8) is 0 Å². The summed E-state index contributed by atoms with van der Waals surface area (Å²) < 4.78 is 81.2. The molecule has 58 heavy (non-hydrogen) atoms. The van der Waals surface area contributed by atoms with Crippen molar-refractivity contribution in [2.24, 2.45) is 0 Å². The van der Waals surface area contributed by atoms with E-state index >= 15 is 0 Å². The lowest BCUT2D eigenvalue weighted by molar-refractivity contribution is 0.340. The molecule has 0 unspecified atom stereocenters. The zero-order valence-corrected chi connectivity index (χ0v) is 33.4. The second kappa shape index (κ2) is 18.0. The molecule has 0 atom stereocenters. The first-order valence-corrected chi connectivity index (χ1v) is 20.6. The molecule has 6 aromatic rings. The highest BCUT2D eigenvalue weighted by Crippen LogP contribution is 2.29. The molecule has 2 aromatic heterocycles. The molecule has 22 heteroatoms. The Morgan fingerprint density at radius 2 is 0.828 bits per heavy atom. The number of anilines is 8. The molecular formula is C36H32Cl2N10O8S2. The van der Waals surface area contributed by atoms with Gasteiger partial charge in [-0.3, -0.25) is 9.11 Å². The number of hydrogen-bond acceptors (Lipinski definition) is 16. The first kappa shape index (κ1) is 41.5. The van der Waals surface area contributed by atoms with Crippen molar-refractivity contribution in [2.45, 2.75) is 23.6 Å². The van der Waals surface area contributed by atoms with Crippen LogP contribution in [0.2, 0.25) is 10.6 Å². The van der Waals surface area contributed by atoms with Crippen LogP contribution in [0, 0.1) is 0 Å². The molecule has 0 aliphatic rings. The van der Waals surface area contributed by atoms with E-state index in [-0.39, 0.29) is 56.9 Å². The molecule has 300 valence electrons. The van der Waals surface area contributed by atoms with Gasteiger partial charge in [0.05, 0.1) is 13.2 Å². The Balaban J connectivity index is 1.21. The standard InChI is InChI=1S/C36H32Cl2N10O8S2/c1-3-55-27-15-11-23(12-16-27)39-33-43-31(37)45-35(47-33)41-25-9-7-21(29(19-25)57(49,50)51)5-6-22-8-10-26(20-30(22)58(52,53)54)42-36-46-32(38)44-34(48-36)40-24-13-17-28(18-14-24)56-4-2/h5-20H,3-4H2,1-2H3,(H,49,50,51)(H,52,53,54)(H2,39,41,43,45,47)(H2,40,42,44,46,48)/b6-5+. The summed E-state index contributed by atoms with van der Waals surface area (Å²) in [6.45, 7) is 4.76. The third kappa shape index (κ3) is 11.2. The third-order valence-electron chi connectivity index (χ3n) is 7.60. The highest BCUT2D eigenvalue weighted by molar-refractivity contribution is 7.86. The fourth-order valence-corrected chi connectivity index (χ4v) is 6.91. The van der Waals surface area contributed by atoms with Gasteiger partial charge in [-0.1, -0.05) is 24.3 Å². The van der Waals surface area contributed by atoms with Gasteiger partial charge in [-0.05, 0) is 121 Å². The van der Waals surface area contributed by atoms with Crippen molar-refractivity contribution < 1.29 is 35.4 Å². The lowest BCUT2D eigenvalue weighted by atomic mass is 10.1. The lowest BCUT2D eigenvalue weighted by Crippen LogP contribution is -2.06. The predicted molar refractivity (Wildman–Crippen MR) is 219 cm³/mol. The molecule has 0 aliphatic heterocycles. The Bertz CT molecular complexity index is 2510. The number of hydrogen-bond donors (Lipinski definition) is 6. The number of benzene rings is 4. The Kier molecular flexibility index (Phi) is 12.8. The largest absolute Gasteiger partial charge is 0.494 e. The van der Waals surface area contributed by atoms with Gasteiger partial charge in [-0.15, -0.1) is 0 Å². The van der Waals surface area contributed by atoms with E-state index in [4.69, 9.17) is 32.7 Å². The maximum Gasteiger partial charge on any atom is 0.295 e. The average Bonchev–Trinajstić information content (AvgIpc) is 3.15. The van der Waals surface area contributed by atoms with Crippen LogP contribution in [-0.2, 0) is 20.2 Å². The number of nitrogens with one attached hydrogen (secondary N) is 4. The summed E-state index contributed by atoms with van der Waals surface area (Å²) in [5.74, 6) is 1.41. The molecule has 2 heterocycles. The van der Waals surface area contributed by atoms with Crippen LogP contribution in [-0.4, -0.2) is 69.1 Å². The topological polar surface area (TPSA) is 253 Å². The highest BCUT2D eigenvalue weighted by atomic mass is 35.5. The van der Waals surface area contributed by atoms with Crippen LogP contribution in [0.4, 0.5) is 46.5 Å². The molecule has 0 fully saturated rings. The predicted octanol–water partition coefficient (Wildman–Crippen LogP) is 7.80. The van der Waals surface area contributed by atoms with E-state index in [1.807, 2.05) is 13.8 Å². The summed E-state index contributed by atoms with van der Waals surface area (Å²) in [7, 11) is -9.68. The molecule has 0 saturated carbocycles. The number of halogens is 2. The van der Waals surface area contributed by atoms with Gasteiger partial charge in [0.2, 0.25) is 34.4 Å². The summed E-state index contributed by atoms with van der Waals surface area (Å²) in [4.78, 5) is 23.7. The third-order valence-corrected chi connectivity index (χ3v) is 9.75. The van der Waals surface area contributed by atoms with Crippen LogP contribution in [0.25, 0.3) is 12.2 Å². The Morgan fingerprint density at radius 3 is 1.14 bits per heavy atom. The van der Waals surface area contributed by atoms with E-state index in [1.54, 1.807) is 48.5 Å². The fraction of sp³-hybridized carbons (Fsp3) is 0.111. The number of nitrogens with zero attached hydrogens (tertiary/aromatic N) is 6. The summed E-state index contributed by atoms with van der Waals surface area (Å²) in [6.07, 6.45) is 2.49. The summed E-state index contributed by atoms with van der Waals surface area (Å²) in [5.41, 5.74) is 1.47. The van der Waals surface area contributed by atoms with E-state index < -0.39 is 30.0 Å². The minimum atomic E-state index is -4.84. The molecule has 0 aliphatic carbocycles. The molecule has 0 saturated heterocycles. The number of rotatable bonds is 16. The van der Waals surface area contributed by atoms with Gasteiger partial charge in [0.1, 0.15) is 21.3 Å². The van der Waals surface area contributed by atoms with Gasteiger partial charge in [-0.2, -0.15) is 46.7 Å². The Hall–Kier alpha value is -6.16.